The third kappa shape index (κ3) is 1.73. The summed E-state index contributed by atoms with van der Waals surface area (Å²) in [5.41, 5.74) is 1.36. The average Bonchev–Trinajstić information content (AvgIpc) is 3.02. The SMILES string of the molecule is O=C1C[C@]2(CN1)C(=O)N(C1CCNCC1)c1ccccc12. The maximum Gasteiger partial charge on any atom is 0.240 e. The maximum absolute atomic E-state index is 13.1. The summed E-state index contributed by atoms with van der Waals surface area (Å²) in [5, 5.41) is 6.19. The lowest BCUT2D eigenvalue weighted by atomic mass is 9.81. The lowest BCUT2D eigenvalue weighted by Crippen LogP contribution is -2.49. The predicted molar refractivity (Wildman–Crippen MR) is 79.1 cm³/mol. The first kappa shape index (κ1) is 12.8. The Kier molecular flexibility index (Phi) is 2.79. The molecule has 5 nitrogen and oxygen atoms in total. The van der Waals surface area contributed by atoms with Gasteiger partial charge in [-0.3, -0.25) is 9.59 Å². The van der Waals surface area contributed by atoms with Crippen LogP contribution in [0.15, 0.2) is 24.3 Å². The number of hydrogen-bond acceptors (Lipinski definition) is 3. The molecule has 0 radical (unpaired) electrons. The molecule has 4 rings (SSSR count). The molecule has 3 aliphatic heterocycles. The molecule has 3 heterocycles. The van der Waals surface area contributed by atoms with Crippen molar-refractivity contribution in [2.24, 2.45) is 0 Å². The van der Waals surface area contributed by atoms with Crippen LogP contribution in [0.25, 0.3) is 0 Å². The van der Waals surface area contributed by atoms with Crippen molar-refractivity contribution in [3.05, 3.63) is 29.8 Å². The van der Waals surface area contributed by atoms with Crippen LogP contribution in [0.2, 0.25) is 0 Å². The quantitative estimate of drug-likeness (QED) is 0.792. The topological polar surface area (TPSA) is 61.4 Å². The summed E-state index contributed by atoms with van der Waals surface area (Å²) in [6.07, 6.45) is 2.22. The number of amides is 2. The second-order valence-electron chi connectivity index (χ2n) is 6.21. The molecule has 3 aliphatic rings. The first-order chi connectivity index (χ1) is 10.2. The zero-order valence-corrected chi connectivity index (χ0v) is 11.9. The Labute approximate surface area is 123 Å². The van der Waals surface area contributed by atoms with E-state index in [1.54, 1.807) is 0 Å². The minimum atomic E-state index is -0.668. The molecule has 0 unspecified atom stereocenters. The minimum absolute atomic E-state index is 0.0229. The maximum atomic E-state index is 13.1. The Bertz CT molecular complexity index is 609. The number of hydrogen-bond donors (Lipinski definition) is 2. The fraction of sp³-hybridized carbons (Fsp3) is 0.500. The van der Waals surface area contributed by atoms with Crippen molar-refractivity contribution in [3.63, 3.8) is 0 Å². The van der Waals surface area contributed by atoms with Crippen molar-refractivity contribution >= 4 is 17.5 Å². The highest BCUT2D eigenvalue weighted by Crippen LogP contribution is 2.47. The van der Waals surface area contributed by atoms with Crippen LogP contribution in [0.3, 0.4) is 0 Å². The molecule has 1 atom stereocenters. The van der Waals surface area contributed by atoms with Gasteiger partial charge in [-0.2, -0.15) is 0 Å². The molecule has 2 saturated heterocycles. The summed E-state index contributed by atoms with van der Waals surface area (Å²) in [5.74, 6) is 0.0827. The van der Waals surface area contributed by atoms with Crippen LogP contribution in [0.5, 0.6) is 0 Å². The average molecular weight is 285 g/mol. The smallest absolute Gasteiger partial charge is 0.240 e. The van der Waals surface area contributed by atoms with Crippen LogP contribution in [-0.4, -0.2) is 37.5 Å². The van der Waals surface area contributed by atoms with E-state index < -0.39 is 5.41 Å². The Morgan fingerprint density at radius 3 is 2.62 bits per heavy atom. The molecule has 1 aromatic carbocycles. The molecule has 110 valence electrons. The molecule has 0 bridgehead atoms. The Morgan fingerprint density at radius 2 is 1.90 bits per heavy atom. The van der Waals surface area contributed by atoms with Gasteiger partial charge in [-0.1, -0.05) is 18.2 Å². The third-order valence-corrected chi connectivity index (χ3v) is 5.03. The number of anilines is 1. The molecule has 5 heteroatoms. The molecule has 2 N–H and O–H groups in total. The van der Waals surface area contributed by atoms with E-state index in [0.29, 0.717) is 6.54 Å². The number of carbonyl (C=O) groups excluding carboxylic acids is 2. The summed E-state index contributed by atoms with van der Waals surface area (Å²) in [6, 6.07) is 8.21. The van der Waals surface area contributed by atoms with Crippen molar-refractivity contribution < 1.29 is 9.59 Å². The van der Waals surface area contributed by atoms with E-state index in [-0.39, 0.29) is 24.3 Å². The lowest BCUT2D eigenvalue weighted by molar-refractivity contribution is -0.125. The zero-order chi connectivity index (χ0) is 14.4. The highest BCUT2D eigenvalue weighted by Gasteiger charge is 2.56. The predicted octanol–water partition coefficient (Wildman–Crippen LogP) is 0.543. The van der Waals surface area contributed by atoms with Crippen LogP contribution in [0, 0.1) is 0 Å². The monoisotopic (exact) mass is 285 g/mol. The molecule has 0 aliphatic carbocycles. The van der Waals surface area contributed by atoms with Gasteiger partial charge in [-0.25, -0.2) is 0 Å². The Morgan fingerprint density at radius 1 is 1.14 bits per heavy atom. The number of para-hydroxylation sites is 1. The lowest BCUT2D eigenvalue weighted by Gasteiger charge is -2.33. The normalized spacial score (nSPS) is 29.0. The second-order valence-corrected chi connectivity index (χ2v) is 6.21. The van der Waals surface area contributed by atoms with Gasteiger partial charge in [0.15, 0.2) is 0 Å². The van der Waals surface area contributed by atoms with Crippen molar-refractivity contribution in [1.82, 2.24) is 10.6 Å². The van der Waals surface area contributed by atoms with Crippen molar-refractivity contribution in [3.8, 4) is 0 Å². The fourth-order valence-corrected chi connectivity index (χ4v) is 3.96. The van der Waals surface area contributed by atoms with E-state index in [4.69, 9.17) is 0 Å². The van der Waals surface area contributed by atoms with Gasteiger partial charge >= 0.3 is 0 Å². The molecule has 2 fully saturated rings. The van der Waals surface area contributed by atoms with Crippen LogP contribution >= 0.6 is 0 Å². The van der Waals surface area contributed by atoms with Gasteiger partial charge in [0.2, 0.25) is 11.8 Å². The van der Waals surface area contributed by atoms with Crippen LogP contribution in [0.4, 0.5) is 5.69 Å². The Hall–Kier alpha value is -1.88. The molecule has 0 saturated carbocycles. The number of fused-ring (bicyclic) bond motifs is 2. The zero-order valence-electron chi connectivity index (χ0n) is 11.9. The van der Waals surface area contributed by atoms with Crippen molar-refractivity contribution in [2.75, 3.05) is 24.5 Å². The van der Waals surface area contributed by atoms with Crippen molar-refractivity contribution in [2.45, 2.75) is 30.7 Å². The number of piperidine rings is 1. The van der Waals surface area contributed by atoms with Gasteiger partial charge in [0.25, 0.3) is 0 Å². The van der Waals surface area contributed by atoms with Crippen LogP contribution in [0.1, 0.15) is 24.8 Å². The van der Waals surface area contributed by atoms with E-state index in [9.17, 15) is 9.59 Å². The number of nitrogens with one attached hydrogen (secondary N) is 2. The molecule has 1 spiro atoms. The molecular weight excluding hydrogens is 266 g/mol. The van der Waals surface area contributed by atoms with E-state index in [1.165, 1.54) is 0 Å². The number of rotatable bonds is 1. The largest absolute Gasteiger partial charge is 0.355 e. The molecule has 21 heavy (non-hydrogen) atoms. The highest BCUT2D eigenvalue weighted by molar-refractivity contribution is 6.12. The first-order valence-corrected chi connectivity index (χ1v) is 7.63. The van der Waals surface area contributed by atoms with Crippen LogP contribution < -0.4 is 15.5 Å². The van der Waals surface area contributed by atoms with Gasteiger partial charge < -0.3 is 15.5 Å². The number of benzene rings is 1. The summed E-state index contributed by atoms with van der Waals surface area (Å²) in [4.78, 5) is 26.9. The van der Waals surface area contributed by atoms with Crippen LogP contribution in [-0.2, 0) is 15.0 Å². The highest BCUT2D eigenvalue weighted by atomic mass is 16.2. The third-order valence-electron chi connectivity index (χ3n) is 5.03. The minimum Gasteiger partial charge on any atom is -0.355 e. The van der Waals surface area contributed by atoms with E-state index in [1.807, 2.05) is 29.2 Å². The van der Waals surface area contributed by atoms with Gasteiger partial charge in [0.05, 0.1) is 0 Å². The first-order valence-electron chi connectivity index (χ1n) is 7.63. The fourth-order valence-electron chi connectivity index (χ4n) is 3.96. The van der Waals surface area contributed by atoms with E-state index >= 15 is 0 Å². The molecular formula is C16H19N3O2. The van der Waals surface area contributed by atoms with E-state index in [2.05, 4.69) is 10.6 Å². The van der Waals surface area contributed by atoms with Gasteiger partial charge in [0, 0.05) is 24.7 Å². The summed E-state index contributed by atoms with van der Waals surface area (Å²) in [7, 11) is 0. The molecule has 1 aromatic rings. The van der Waals surface area contributed by atoms with Gasteiger partial charge in [-0.15, -0.1) is 0 Å². The molecule has 0 aromatic heterocycles. The second kappa shape index (κ2) is 4.56. The van der Waals surface area contributed by atoms with Gasteiger partial charge in [-0.05, 0) is 37.6 Å². The van der Waals surface area contributed by atoms with E-state index in [0.717, 1.165) is 37.2 Å². The summed E-state index contributed by atoms with van der Waals surface area (Å²) in [6.45, 7) is 2.32. The van der Waals surface area contributed by atoms with Crippen molar-refractivity contribution in [1.29, 1.82) is 0 Å². The summed E-state index contributed by atoms with van der Waals surface area (Å²) >= 11 is 0. The standard InChI is InChI=1S/C16H19N3O2/c20-14-9-16(10-18-14)12-3-1-2-4-13(12)19(15(16)21)11-5-7-17-8-6-11/h1-4,11,17H,5-10H2,(H,18,20)/t16-/m1/s1. The van der Waals surface area contributed by atoms with Gasteiger partial charge in [0.1, 0.15) is 5.41 Å². The Balaban J connectivity index is 1.80. The number of carbonyl (C=O) groups is 2. The number of nitrogens with zero attached hydrogens (tertiary/aromatic N) is 1. The summed E-state index contributed by atoms with van der Waals surface area (Å²) < 4.78 is 0. The molecule has 2 amide bonds.